The molecule has 0 aliphatic rings. The predicted molar refractivity (Wildman–Crippen MR) is 93.9 cm³/mol. The molecule has 0 radical (unpaired) electrons. The monoisotopic (exact) mass is 337 g/mol. The highest BCUT2D eigenvalue weighted by atomic mass is 16.5. The molecule has 0 bridgehead atoms. The van der Waals surface area contributed by atoms with E-state index in [1.807, 2.05) is 18.7 Å². The molecule has 0 amide bonds. The van der Waals surface area contributed by atoms with Crippen molar-refractivity contribution in [1.29, 1.82) is 0 Å². The van der Waals surface area contributed by atoms with E-state index in [0.717, 1.165) is 4.57 Å². The third-order valence-corrected chi connectivity index (χ3v) is 3.34. The molecular weight excluding hydrogens is 310 g/mol. The van der Waals surface area contributed by atoms with Crippen LogP contribution in [0.3, 0.4) is 0 Å². The highest BCUT2D eigenvalue weighted by molar-refractivity contribution is 5.06. The molecule has 24 heavy (non-hydrogen) atoms. The van der Waals surface area contributed by atoms with Crippen molar-refractivity contribution in [2.75, 3.05) is 26.3 Å². The van der Waals surface area contributed by atoms with Crippen LogP contribution in [0.15, 0.2) is 41.1 Å². The van der Waals surface area contributed by atoms with Gasteiger partial charge >= 0.3 is 5.69 Å². The van der Waals surface area contributed by atoms with Crippen LogP contribution in [0.4, 0.5) is 0 Å². The first-order valence-corrected chi connectivity index (χ1v) is 8.01. The van der Waals surface area contributed by atoms with E-state index in [2.05, 4.69) is 13.2 Å². The van der Waals surface area contributed by atoms with Crippen LogP contribution in [0, 0.1) is 0 Å². The van der Waals surface area contributed by atoms with Crippen molar-refractivity contribution in [3.05, 3.63) is 57.9 Å². The van der Waals surface area contributed by atoms with Gasteiger partial charge in [-0.2, -0.15) is 0 Å². The normalized spacial score (nSPS) is 11.0. The number of hydrogen-bond donors (Lipinski definition) is 0. The summed E-state index contributed by atoms with van der Waals surface area (Å²) in [7, 11) is 0. The molecule has 134 valence electrons. The highest BCUT2D eigenvalue weighted by Crippen LogP contribution is 2.00. The minimum absolute atomic E-state index is 0.0724. The zero-order valence-electron chi connectivity index (χ0n) is 14.6. The fraction of sp³-hybridized carbons (Fsp3) is 0.529. The Morgan fingerprint density at radius 2 is 1.67 bits per heavy atom. The summed E-state index contributed by atoms with van der Waals surface area (Å²) in [5, 5.41) is 0. The van der Waals surface area contributed by atoms with Crippen LogP contribution in [0.5, 0.6) is 0 Å². The average Bonchev–Trinajstić information content (AvgIpc) is 2.56. The van der Waals surface area contributed by atoms with Crippen LogP contribution in [-0.4, -0.2) is 40.3 Å². The standard InChI is InChI=1S/C17H27N3O4/c1-5-9-18(10-6-2)11-15-12-19(13-23-7-3)17(22)20(16(15)21)14-24-8-4/h5-6,12H,1-2,7-11,13-14H2,3-4H3. The van der Waals surface area contributed by atoms with E-state index in [1.165, 1.54) is 4.57 Å². The molecule has 1 aromatic rings. The Labute approximate surface area is 142 Å². The van der Waals surface area contributed by atoms with Crippen LogP contribution in [-0.2, 0) is 29.5 Å². The van der Waals surface area contributed by atoms with Gasteiger partial charge in [0.05, 0.1) is 0 Å². The maximum absolute atomic E-state index is 12.6. The molecule has 0 saturated heterocycles. The maximum atomic E-state index is 12.6. The Balaban J connectivity index is 3.25. The second kappa shape index (κ2) is 10.7. The summed E-state index contributed by atoms with van der Waals surface area (Å²) in [4.78, 5) is 27.0. The second-order valence-electron chi connectivity index (χ2n) is 5.16. The lowest BCUT2D eigenvalue weighted by Gasteiger charge is -2.20. The minimum Gasteiger partial charge on any atom is -0.361 e. The first kappa shape index (κ1) is 20.1. The third-order valence-electron chi connectivity index (χ3n) is 3.34. The second-order valence-corrected chi connectivity index (χ2v) is 5.16. The van der Waals surface area contributed by atoms with Gasteiger partial charge in [0.1, 0.15) is 13.5 Å². The van der Waals surface area contributed by atoms with Gasteiger partial charge in [-0.25, -0.2) is 9.36 Å². The number of nitrogens with zero attached hydrogens (tertiary/aromatic N) is 3. The minimum atomic E-state index is -0.440. The Morgan fingerprint density at radius 3 is 2.21 bits per heavy atom. The molecule has 1 heterocycles. The quantitative estimate of drug-likeness (QED) is 0.536. The predicted octanol–water partition coefficient (Wildman–Crippen LogP) is 1.17. The smallest absolute Gasteiger partial charge is 0.334 e. The molecular formula is C17H27N3O4. The van der Waals surface area contributed by atoms with E-state index in [0.29, 0.717) is 38.4 Å². The Kier molecular flexibility index (Phi) is 8.99. The first-order chi connectivity index (χ1) is 11.6. The van der Waals surface area contributed by atoms with E-state index in [9.17, 15) is 9.59 Å². The summed E-state index contributed by atoms with van der Waals surface area (Å²) in [5.41, 5.74) is -0.290. The summed E-state index contributed by atoms with van der Waals surface area (Å²) in [6, 6.07) is 0. The van der Waals surface area contributed by atoms with Gasteiger partial charge in [0.25, 0.3) is 5.56 Å². The molecule has 0 saturated carbocycles. The molecule has 1 aromatic heterocycles. The van der Waals surface area contributed by atoms with E-state index in [-0.39, 0.29) is 19.0 Å². The van der Waals surface area contributed by atoms with Crippen molar-refractivity contribution < 1.29 is 9.47 Å². The molecule has 7 nitrogen and oxygen atoms in total. The van der Waals surface area contributed by atoms with Crippen molar-refractivity contribution >= 4 is 0 Å². The molecule has 0 atom stereocenters. The Morgan fingerprint density at radius 1 is 1.08 bits per heavy atom. The largest absolute Gasteiger partial charge is 0.361 e. The van der Waals surface area contributed by atoms with Gasteiger partial charge in [0.2, 0.25) is 0 Å². The molecule has 0 aromatic carbocycles. The number of ether oxygens (including phenoxy) is 2. The van der Waals surface area contributed by atoms with Gasteiger partial charge in [-0.15, -0.1) is 13.2 Å². The third kappa shape index (κ3) is 5.59. The zero-order valence-corrected chi connectivity index (χ0v) is 14.6. The molecule has 0 aliphatic heterocycles. The van der Waals surface area contributed by atoms with Crippen LogP contribution < -0.4 is 11.2 Å². The van der Waals surface area contributed by atoms with Crippen molar-refractivity contribution in [2.45, 2.75) is 33.9 Å². The number of hydrogen-bond acceptors (Lipinski definition) is 5. The van der Waals surface area contributed by atoms with Crippen molar-refractivity contribution in [1.82, 2.24) is 14.0 Å². The lowest BCUT2D eigenvalue weighted by atomic mass is 10.3. The zero-order chi connectivity index (χ0) is 17.9. The average molecular weight is 337 g/mol. The van der Waals surface area contributed by atoms with Crippen molar-refractivity contribution in [3.8, 4) is 0 Å². The Hall–Kier alpha value is -1.96. The molecule has 1 rings (SSSR count). The van der Waals surface area contributed by atoms with Crippen LogP contribution in [0.1, 0.15) is 19.4 Å². The van der Waals surface area contributed by atoms with Gasteiger partial charge < -0.3 is 9.47 Å². The molecule has 0 fully saturated rings. The lowest BCUT2D eigenvalue weighted by molar-refractivity contribution is 0.0655. The van der Waals surface area contributed by atoms with Gasteiger partial charge in [0.15, 0.2) is 0 Å². The SMILES string of the molecule is C=CCN(CC=C)Cc1cn(COCC)c(=O)n(COCC)c1=O. The van der Waals surface area contributed by atoms with E-state index in [4.69, 9.17) is 9.47 Å². The first-order valence-electron chi connectivity index (χ1n) is 8.01. The summed E-state index contributed by atoms with van der Waals surface area (Å²) >= 11 is 0. The fourth-order valence-corrected chi connectivity index (χ4v) is 2.21. The highest BCUT2D eigenvalue weighted by Gasteiger charge is 2.14. The molecule has 0 N–H and O–H groups in total. The number of aromatic nitrogens is 2. The van der Waals surface area contributed by atoms with Gasteiger partial charge in [-0.3, -0.25) is 14.3 Å². The van der Waals surface area contributed by atoms with Crippen LogP contribution >= 0.6 is 0 Å². The van der Waals surface area contributed by atoms with Crippen molar-refractivity contribution in [2.24, 2.45) is 0 Å². The topological polar surface area (TPSA) is 65.7 Å². The molecule has 0 spiro atoms. The Bertz CT molecular complexity index is 638. The summed E-state index contributed by atoms with van der Waals surface area (Å²) < 4.78 is 13.1. The fourth-order valence-electron chi connectivity index (χ4n) is 2.21. The van der Waals surface area contributed by atoms with E-state index >= 15 is 0 Å². The molecule has 0 aliphatic carbocycles. The molecule has 7 heteroatoms. The number of rotatable bonds is 12. The maximum Gasteiger partial charge on any atom is 0.334 e. The van der Waals surface area contributed by atoms with Crippen LogP contribution in [0.25, 0.3) is 0 Å². The van der Waals surface area contributed by atoms with Gasteiger partial charge in [0, 0.05) is 44.6 Å². The van der Waals surface area contributed by atoms with Crippen LogP contribution in [0.2, 0.25) is 0 Å². The van der Waals surface area contributed by atoms with Crippen molar-refractivity contribution in [3.63, 3.8) is 0 Å². The summed E-state index contributed by atoms with van der Waals surface area (Å²) in [6.45, 7) is 13.6. The van der Waals surface area contributed by atoms with E-state index < -0.39 is 5.69 Å². The van der Waals surface area contributed by atoms with Gasteiger partial charge in [-0.05, 0) is 13.8 Å². The van der Waals surface area contributed by atoms with E-state index in [1.54, 1.807) is 18.3 Å². The molecule has 0 unspecified atom stereocenters. The van der Waals surface area contributed by atoms with Gasteiger partial charge in [-0.1, -0.05) is 12.2 Å². The lowest BCUT2D eigenvalue weighted by Crippen LogP contribution is -2.43. The summed E-state index contributed by atoms with van der Waals surface area (Å²) in [6.07, 6.45) is 5.08. The summed E-state index contributed by atoms with van der Waals surface area (Å²) in [5.74, 6) is 0.